The molecule has 22 heavy (non-hydrogen) atoms. The molecule has 0 fully saturated rings. The average Bonchev–Trinajstić information content (AvgIpc) is 2.81. The molecule has 0 spiro atoms. The van der Waals surface area contributed by atoms with Gasteiger partial charge >= 0.3 is 6.18 Å². The van der Waals surface area contributed by atoms with Crippen LogP contribution in [-0.2, 0) is 6.42 Å². The van der Waals surface area contributed by atoms with Crippen molar-refractivity contribution in [3.8, 4) is 11.1 Å². The molecule has 0 N–H and O–H groups in total. The summed E-state index contributed by atoms with van der Waals surface area (Å²) in [5.74, 6) is 0. The Labute approximate surface area is 139 Å². The van der Waals surface area contributed by atoms with Crippen LogP contribution in [0.4, 0.5) is 18.9 Å². The Morgan fingerprint density at radius 3 is 2.23 bits per heavy atom. The van der Waals surface area contributed by atoms with Crippen molar-refractivity contribution in [2.75, 3.05) is 0 Å². The van der Waals surface area contributed by atoms with Crippen LogP contribution in [0.25, 0.3) is 11.1 Å². The molecule has 0 unspecified atom stereocenters. The molecule has 3 rings (SSSR count). The molecule has 1 nitrogen and oxygen atoms in total. The third-order valence-electron chi connectivity index (χ3n) is 3.33. The highest BCUT2D eigenvalue weighted by Gasteiger charge is 2.38. The second-order valence-electron chi connectivity index (χ2n) is 4.82. The first-order valence-corrected chi connectivity index (χ1v) is 7.31. The van der Waals surface area contributed by atoms with Crippen LogP contribution in [0, 0.1) is 0 Å². The second kappa shape index (κ2) is 5.44. The third kappa shape index (κ3) is 2.83. The summed E-state index contributed by atoms with van der Waals surface area (Å²) in [6.45, 7) is 0. The predicted molar refractivity (Wildman–Crippen MR) is 83.8 cm³/mol. The SMILES string of the molecule is FC(F)(F)C1=Nc2cc(Cl)c(-c3ccc(Cl)cc3Cl)cc2C1. The first-order chi connectivity index (χ1) is 10.3. The molecule has 2 aromatic carbocycles. The summed E-state index contributed by atoms with van der Waals surface area (Å²) in [5.41, 5.74) is 1.06. The topological polar surface area (TPSA) is 12.4 Å². The smallest absolute Gasteiger partial charge is 0.248 e. The number of hydrogen-bond acceptors (Lipinski definition) is 1. The predicted octanol–water partition coefficient (Wildman–Crippen LogP) is 6.50. The zero-order valence-electron chi connectivity index (χ0n) is 10.8. The number of alkyl halides is 3. The Hall–Kier alpha value is -1.23. The van der Waals surface area contributed by atoms with E-state index in [0.29, 0.717) is 26.7 Å². The van der Waals surface area contributed by atoms with Gasteiger partial charge in [0.05, 0.1) is 10.7 Å². The lowest BCUT2D eigenvalue weighted by molar-refractivity contribution is -0.0597. The molecule has 0 radical (unpaired) electrons. The lowest BCUT2D eigenvalue weighted by Crippen LogP contribution is -2.22. The van der Waals surface area contributed by atoms with Gasteiger partial charge in [-0.1, -0.05) is 40.9 Å². The summed E-state index contributed by atoms with van der Waals surface area (Å²) in [5, 5.41) is 1.13. The molecule has 7 heteroatoms. The quantitative estimate of drug-likeness (QED) is 0.547. The first kappa shape index (κ1) is 15.7. The van der Waals surface area contributed by atoms with Crippen LogP contribution in [0.3, 0.4) is 0 Å². The molecule has 2 aromatic rings. The van der Waals surface area contributed by atoms with Gasteiger partial charge in [-0.05, 0) is 29.8 Å². The second-order valence-corrected chi connectivity index (χ2v) is 6.07. The van der Waals surface area contributed by atoms with E-state index in [1.807, 2.05) is 0 Å². The summed E-state index contributed by atoms with van der Waals surface area (Å²) in [4.78, 5) is 3.61. The van der Waals surface area contributed by atoms with Crippen molar-refractivity contribution in [3.63, 3.8) is 0 Å². The molecule has 0 aliphatic carbocycles. The van der Waals surface area contributed by atoms with Crippen LogP contribution in [0.5, 0.6) is 0 Å². The van der Waals surface area contributed by atoms with Crippen molar-refractivity contribution >= 4 is 46.2 Å². The summed E-state index contributed by atoms with van der Waals surface area (Å²) >= 11 is 18.2. The van der Waals surface area contributed by atoms with Gasteiger partial charge in [0.15, 0.2) is 0 Å². The molecule has 114 valence electrons. The zero-order valence-corrected chi connectivity index (χ0v) is 13.1. The van der Waals surface area contributed by atoms with Crippen molar-refractivity contribution in [1.29, 1.82) is 0 Å². The maximum atomic E-state index is 12.8. The van der Waals surface area contributed by atoms with E-state index in [1.165, 1.54) is 6.07 Å². The average molecular weight is 365 g/mol. The van der Waals surface area contributed by atoms with Crippen LogP contribution < -0.4 is 0 Å². The minimum atomic E-state index is -4.44. The summed E-state index contributed by atoms with van der Waals surface area (Å²) < 4.78 is 38.3. The third-order valence-corrected chi connectivity index (χ3v) is 4.19. The Kier molecular flexibility index (Phi) is 3.87. The fraction of sp³-hybridized carbons (Fsp3) is 0.133. The van der Waals surface area contributed by atoms with E-state index in [-0.39, 0.29) is 17.1 Å². The van der Waals surface area contributed by atoms with Crippen LogP contribution in [-0.4, -0.2) is 11.9 Å². The number of rotatable bonds is 1. The molecule has 1 aliphatic rings. The van der Waals surface area contributed by atoms with Gasteiger partial charge in [-0.3, -0.25) is 0 Å². The van der Waals surface area contributed by atoms with Gasteiger partial charge < -0.3 is 0 Å². The Morgan fingerprint density at radius 1 is 0.909 bits per heavy atom. The Morgan fingerprint density at radius 2 is 1.59 bits per heavy atom. The molecule has 1 heterocycles. The van der Waals surface area contributed by atoms with Gasteiger partial charge in [-0.25, -0.2) is 4.99 Å². The van der Waals surface area contributed by atoms with Gasteiger partial charge in [0, 0.05) is 27.6 Å². The molecule has 0 atom stereocenters. The lowest BCUT2D eigenvalue weighted by atomic mass is 10.0. The standard InChI is InChI=1S/C15H7Cl3F3N/c16-8-1-2-9(11(17)5-8)10-3-7-4-14(15(19,20)21)22-13(7)6-12(10)18/h1-3,5-6H,4H2. The number of aliphatic imine (C=N–C) groups is 1. The lowest BCUT2D eigenvalue weighted by Gasteiger charge is -2.10. The maximum Gasteiger partial charge on any atom is 0.429 e. The highest BCUT2D eigenvalue weighted by atomic mass is 35.5. The number of hydrogen-bond donors (Lipinski definition) is 0. The zero-order chi connectivity index (χ0) is 16.1. The first-order valence-electron chi connectivity index (χ1n) is 6.18. The monoisotopic (exact) mass is 363 g/mol. The van der Waals surface area contributed by atoms with Crippen LogP contribution >= 0.6 is 34.8 Å². The highest BCUT2D eigenvalue weighted by molar-refractivity contribution is 6.38. The van der Waals surface area contributed by atoms with Crippen molar-refractivity contribution < 1.29 is 13.2 Å². The summed E-state index contributed by atoms with van der Waals surface area (Å²) in [7, 11) is 0. The van der Waals surface area contributed by atoms with E-state index in [9.17, 15) is 13.2 Å². The number of halogens is 6. The van der Waals surface area contributed by atoms with Crippen molar-refractivity contribution in [3.05, 3.63) is 51.0 Å². The molecule has 1 aliphatic heterocycles. The molecule has 0 bridgehead atoms. The maximum absolute atomic E-state index is 12.8. The van der Waals surface area contributed by atoms with E-state index in [1.54, 1.807) is 24.3 Å². The van der Waals surface area contributed by atoms with Crippen LogP contribution in [0.1, 0.15) is 5.56 Å². The fourth-order valence-electron chi connectivity index (χ4n) is 2.30. The van der Waals surface area contributed by atoms with Gasteiger partial charge in [0.1, 0.15) is 5.71 Å². The largest absolute Gasteiger partial charge is 0.429 e. The number of benzene rings is 2. The van der Waals surface area contributed by atoms with Crippen LogP contribution in [0.15, 0.2) is 35.3 Å². The molecule has 0 amide bonds. The van der Waals surface area contributed by atoms with E-state index in [2.05, 4.69) is 4.99 Å². The molecule has 0 saturated carbocycles. The van der Waals surface area contributed by atoms with E-state index < -0.39 is 11.9 Å². The minimum absolute atomic E-state index is 0.242. The van der Waals surface area contributed by atoms with Gasteiger partial charge in [-0.15, -0.1) is 0 Å². The summed E-state index contributed by atoms with van der Waals surface area (Å²) in [6.07, 6.45) is -4.71. The molecular weight excluding hydrogens is 358 g/mol. The van der Waals surface area contributed by atoms with Gasteiger partial charge in [0.25, 0.3) is 0 Å². The molecule has 0 aromatic heterocycles. The van der Waals surface area contributed by atoms with Crippen molar-refractivity contribution in [1.82, 2.24) is 0 Å². The van der Waals surface area contributed by atoms with Crippen LogP contribution in [0.2, 0.25) is 15.1 Å². The minimum Gasteiger partial charge on any atom is -0.248 e. The number of nitrogens with zero attached hydrogens (tertiary/aromatic N) is 1. The molecule has 0 saturated heterocycles. The Balaban J connectivity index is 2.07. The van der Waals surface area contributed by atoms with Crippen molar-refractivity contribution in [2.24, 2.45) is 4.99 Å². The number of fused-ring (bicyclic) bond motifs is 1. The normalized spacial score (nSPS) is 14.0. The summed E-state index contributed by atoms with van der Waals surface area (Å²) in [6, 6.07) is 7.90. The van der Waals surface area contributed by atoms with E-state index in [4.69, 9.17) is 34.8 Å². The fourth-order valence-corrected chi connectivity index (χ4v) is 3.07. The Bertz CT molecular complexity index is 797. The van der Waals surface area contributed by atoms with E-state index >= 15 is 0 Å². The molecular formula is C15H7Cl3F3N. The van der Waals surface area contributed by atoms with Gasteiger partial charge in [0.2, 0.25) is 0 Å². The van der Waals surface area contributed by atoms with Gasteiger partial charge in [-0.2, -0.15) is 13.2 Å². The van der Waals surface area contributed by atoms with E-state index in [0.717, 1.165) is 0 Å². The highest BCUT2D eigenvalue weighted by Crippen LogP contribution is 2.41. The van der Waals surface area contributed by atoms with Crippen molar-refractivity contribution in [2.45, 2.75) is 12.6 Å².